The lowest BCUT2D eigenvalue weighted by Gasteiger charge is -2.36. The van der Waals surface area contributed by atoms with E-state index in [9.17, 15) is 0 Å². The minimum Gasteiger partial charge on any atom is -0.372 e. The van der Waals surface area contributed by atoms with Crippen molar-refractivity contribution in [3.8, 4) is 0 Å². The van der Waals surface area contributed by atoms with Gasteiger partial charge in [-0.15, -0.1) is 23.2 Å². The van der Waals surface area contributed by atoms with Gasteiger partial charge in [0.15, 0.2) is 0 Å². The van der Waals surface area contributed by atoms with E-state index in [0.717, 1.165) is 12.3 Å². The van der Waals surface area contributed by atoms with Crippen LogP contribution in [0.25, 0.3) is 0 Å². The first-order chi connectivity index (χ1) is 7.22. The average molecular weight is 318 g/mol. The summed E-state index contributed by atoms with van der Waals surface area (Å²) in [5, 5.41) is 0. The highest BCUT2D eigenvalue weighted by Crippen LogP contribution is 2.34. The van der Waals surface area contributed by atoms with Crippen molar-refractivity contribution in [2.45, 2.75) is 49.6 Å². The van der Waals surface area contributed by atoms with Crippen molar-refractivity contribution < 1.29 is 4.74 Å². The lowest BCUT2D eigenvalue weighted by atomic mass is 9.80. The van der Waals surface area contributed by atoms with Crippen LogP contribution < -0.4 is 0 Å². The van der Waals surface area contributed by atoms with Crippen LogP contribution in [0.4, 0.5) is 0 Å². The molecule has 1 nitrogen and oxygen atoms in total. The summed E-state index contributed by atoms with van der Waals surface area (Å²) in [5.41, 5.74) is 0. The van der Waals surface area contributed by atoms with Crippen molar-refractivity contribution >= 4 is 39.1 Å². The summed E-state index contributed by atoms with van der Waals surface area (Å²) in [4.78, 5) is 0.158. The van der Waals surface area contributed by atoms with Gasteiger partial charge >= 0.3 is 0 Å². The fourth-order valence-corrected chi connectivity index (χ4v) is 2.91. The van der Waals surface area contributed by atoms with Crippen LogP contribution in [0.2, 0.25) is 0 Å². The van der Waals surface area contributed by atoms with E-state index in [1.807, 2.05) is 0 Å². The molecule has 0 heterocycles. The van der Waals surface area contributed by atoms with Crippen molar-refractivity contribution in [1.82, 2.24) is 0 Å². The van der Waals surface area contributed by atoms with Crippen molar-refractivity contribution in [1.29, 1.82) is 0 Å². The Hall–Kier alpha value is 1.02. The smallest absolute Gasteiger partial charge is 0.0850 e. The Morgan fingerprint density at radius 3 is 2.33 bits per heavy atom. The van der Waals surface area contributed by atoms with Gasteiger partial charge in [-0.3, -0.25) is 0 Å². The molecule has 0 spiro atoms. The van der Waals surface area contributed by atoms with Gasteiger partial charge in [-0.25, -0.2) is 0 Å². The van der Waals surface area contributed by atoms with Crippen LogP contribution in [-0.2, 0) is 4.74 Å². The standard InChI is InChI=1S/C11H19BrCl2O/c1-2-10(8-4-3-5-8)15-11(7-14)9(12)6-13/h8-11H,2-7H2,1H3. The molecule has 0 saturated heterocycles. The monoisotopic (exact) mass is 316 g/mol. The Morgan fingerprint density at radius 2 is 2.00 bits per heavy atom. The zero-order valence-electron chi connectivity index (χ0n) is 9.09. The largest absolute Gasteiger partial charge is 0.372 e. The van der Waals surface area contributed by atoms with Crippen LogP contribution in [-0.4, -0.2) is 28.8 Å². The Morgan fingerprint density at radius 1 is 1.33 bits per heavy atom. The van der Waals surface area contributed by atoms with E-state index < -0.39 is 0 Å². The summed E-state index contributed by atoms with van der Waals surface area (Å²) in [5.74, 6) is 1.79. The number of alkyl halides is 3. The molecule has 0 aromatic carbocycles. The van der Waals surface area contributed by atoms with Gasteiger partial charge in [0.2, 0.25) is 0 Å². The number of rotatable bonds is 7. The fraction of sp³-hybridized carbons (Fsp3) is 1.00. The molecule has 4 heteroatoms. The van der Waals surface area contributed by atoms with Gasteiger partial charge in [-0.05, 0) is 25.2 Å². The third-order valence-corrected chi connectivity index (χ3v) is 5.05. The Balaban J connectivity index is 2.39. The second-order valence-corrected chi connectivity index (χ2v) is 5.93. The van der Waals surface area contributed by atoms with Crippen LogP contribution in [0.15, 0.2) is 0 Å². The molecule has 0 bridgehead atoms. The number of hydrogen-bond acceptors (Lipinski definition) is 1. The van der Waals surface area contributed by atoms with E-state index in [1.54, 1.807) is 0 Å². The second-order valence-electron chi connectivity index (χ2n) is 4.14. The van der Waals surface area contributed by atoms with Gasteiger partial charge in [-0.1, -0.05) is 29.3 Å². The Kier molecular flexibility index (Phi) is 6.92. The van der Waals surface area contributed by atoms with Crippen molar-refractivity contribution in [3.05, 3.63) is 0 Å². The average Bonchev–Trinajstić information content (AvgIpc) is 2.20. The van der Waals surface area contributed by atoms with Gasteiger partial charge in [0.25, 0.3) is 0 Å². The minimum absolute atomic E-state index is 0.0368. The molecule has 0 N–H and O–H groups in total. The van der Waals surface area contributed by atoms with E-state index in [4.69, 9.17) is 27.9 Å². The van der Waals surface area contributed by atoms with Crippen molar-refractivity contribution in [2.24, 2.45) is 5.92 Å². The van der Waals surface area contributed by atoms with Crippen LogP contribution in [0.5, 0.6) is 0 Å². The third-order valence-electron chi connectivity index (χ3n) is 3.13. The van der Waals surface area contributed by atoms with Crippen molar-refractivity contribution in [3.63, 3.8) is 0 Å². The summed E-state index contributed by atoms with van der Waals surface area (Å²) >= 11 is 15.2. The molecule has 1 fully saturated rings. The molecule has 0 aromatic rings. The maximum absolute atomic E-state index is 6.04. The Labute approximate surface area is 111 Å². The van der Waals surface area contributed by atoms with Crippen LogP contribution in [0.1, 0.15) is 32.6 Å². The first kappa shape index (κ1) is 14.1. The normalized spacial score (nSPS) is 23.2. The van der Waals surface area contributed by atoms with Gasteiger partial charge in [-0.2, -0.15) is 0 Å². The topological polar surface area (TPSA) is 9.23 Å². The summed E-state index contributed by atoms with van der Waals surface area (Å²) < 4.78 is 6.04. The lowest BCUT2D eigenvalue weighted by molar-refractivity contribution is -0.0521. The highest BCUT2D eigenvalue weighted by molar-refractivity contribution is 9.09. The molecule has 0 radical (unpaired) electrons. The minimum atomic E-state index is 0.0368. The quantitative estimate of drug-likeness (QED) is 0.640. The fourth-order valence-electron chi connectivity index (χ4n) is 1.89. The maximum atomic E-state index is 6.04. The maximum Gasteiger partial charge on any atom is 0.0850 e. The summed E-state index contributed by atoms with van der Waals surface area (Å²) in [6, 6.07) is 0. The van der Waals surface area contributed by atoms with E-state index in [-0.39, 0.29) is 10.9 Å². The summed E-state index contributed by atoms with van der Waals surface area (Å²) in [7, 11) is 0. The van der Waals surface area contributed by atoms with Gasteiger partial charge in [0.1, 0.15) is 0 Å². The zero-order valence-corrected chi connectivity index (χ0v) is 12.2. The first-order valence-electron chi connectivity index (χ1n) is 5.64. The highest BCUT2D eigenvalue weighted by Gasteiger charge is 2.30. The molecule has 15 heavy (non-hydrogen) atoms. The van der Waals surface area contributed by atoms with E-state index >= 15 is 0 Å². The zero-order chi connectivity index (χ0) is 11.3. The van der Waals surface area contributed by atoms with Crippen LogP contribution in [0, 0.1) is 5.92 Å². The molecule has 1 rings (SSSR count). The molecular weight excluding hydrogens is 299 g/mol. The van der Waals surface area contributed by atoms with Crippen LogP contribution >= 0.6 is 39.1 Å². The van der Waals surface area contributed by atoms with Gasteiger partial charge in [0, 0.05) is 11.8 Å². The van der Waals surface area contributed by atoms with E-state index in [0.29, 0.717) is 17.9 Å². The molecule has 3 atom stereocenters. The predicted octanol–water partition coefficient (Wildman–Crippen LogP) is 4.19. The molecule has 1 saturated carbocycles. The number of ether oxygens (including phenoxy) is 1. The molecule has 3 unspecified atom stereocenters. The Bertz CT molecular complexity index is 165. The molecule has 0 amide bonds. The van der Waals surface area contributed by atoms with E-state index in [1.165, 1.54) is 19.3 Å². The summed E-state index contributed by atoms with van der Waals surface area (Å²) in [6.45, 7) is 2.18. The number of hydrogen-bond donors (Lipinski definition) is 0. The summed E-state index contributed by atoms with van der Waals surface area (Å²) in [6.07, 6.45) is 5.44. The molecule has 1 aliphatic carbocycles. The molecule has 0 aliphatic heterocycles. The van der Waals surface area contributed by atoms with Crippen LogP contribution in [0.3, 0.4) is 0 Å². The second kappa shape index (κ2) is 7.37. The third kappa shape index (κ3) is 4.07. The number of halogens is 3. The van der Waals surface area contributed by atoms with Gasteiger partial charge < -0.3 is 4.74 Å². The van der Waals surface area contributed by atoms with Crippen molar-refractivity contribution in [2.75, 3.05) is 11.8 Å². The molecule has 1 aliphatic rings. The predicted molar refractivity (Wildman–Crippen MR) is 70.4 cm³/mol. The SMILES string of the molecule is CCC(OC(CCl)C(Br)CCl)C1CCC1. The first-order valence-corrected chi connectivity index (χ1v) is 7.62. The highest BCUT2D eigenvalue weighted by atomic mass is 79.9. The van der Waals surface area contributed by atoms with Gasteiger partial charge in [0.05, 0.1) is 17.0 Å². The molecular formula is C11H19BrCl2O. The molecule has 0 aromatic heterocycles. The van der Waals surface area contributed by atoms with E-state index in [2.05, 4.69) is 22.9 Å². The lowest BCUT2D eigenvalue weighted by Crippen LogP contribution is -2.37. The molecule has 90 valence electrons.